The van der Waals surface area contributed by atoms with Gasteiger partial charge in [0.25, 0.3) is 0 Å². The maximum absolute atomic E-state index is 5.63. The Labute approximate surface area is 101 Å². The van der Waals surface area contributed by atoms with Gasteiger partial charge in [0.2, 0.25) is 0 Å². The average molecular weight is 227 g/mol. The van der Waals surface area contributed by atoms with Gasteiger partial charge in [-0.3, -0.25) is 0 Å². The lowest BCUT2D eigenvalue weighted by molar-refractivity contribution is 0.0588. The standard InChI is InChI=1S/C14H29NO/c1-11(2)10-12(3)15-13-8-6-5-7-9-14(13)16-4/h11-15H,5-10H2,1-4H3. The minimum Gasteiger partial charge on any atom is -0.380 e. The molecule has 3 unspecified atom stereocenters. The zero-order chi connectivity index (χ0) is 12.0. The quantitative estimate of drug-likeness (QED) is 0.727. The fourth-order valence-corrected chi connectivity index (χ4v) is 2.89. The summed E-state index contributed by atoms with van der Waals surface area (Å²) in [6.45, 7) is 6.88. The second-order valence-electron chi connectivity index (χ2n) is 5.72. The van der Waals surface area contributed by atoms with E-state index in [1.54, 1.807) is 0 Å². The molecule has 1 fully saturated rings. The minimum atomic E-state index is 0.428. The number of methoxy groups -OCH3 is 1. The molecule has 0 aliphatic heterocycles. The van der Waals surface area contributed by atoms with E-state index in [-0.39, 0.29) is 0 Å². The highest BCUT2D eigenvalue weighted by molar-refractivity contribution is 4.82. The van der Waals surface area contributed by atoms with Gasteiger partial charge in [-0.15, -0.1) is 0 Å². The van der Waals surface area contributed by atoms with Crippen molar-refractivity contribution in [3.8, 4) is 0 Å². The molecule has 16 heavy (non-hydrogen) atoms. The zero-order valence-electron chi connectivity index (χ0n) is 11.5. The van der Waals surface area contributed by atoms with E-state index in [1.165, 1.54) is 38.5 Å². The maximum atomic E-state index is 5.63. The predicted molar refractivity (Wildman–Crippen MR) is 69.7 cm³/mol. The van der Waals surface area contributed by atoms with Crippen molar-refractivity contribution in [1.29, 1.82) is 0 Å². The minimum absolute atomic E-state index is 0.428. The van der Waals surface area contributed by atoms with Gasteiger partial charge in [0.05, 0.1) is 6.10 Å². The Morgan fingerprint density at radius 2 is 1.81 bits per heavy atom. The van der Waals surface area contributed by atoms with Crippen molar-refractivity contribution in [2.75, 3.05) is 7.11 Å². The normalized spacial score (nSPS) is 29.1. The second kappa shape index (κ2) is 7.29. The van der Waals surface area contributed by atoms with Gasteiger partial charge in [-0.05, 0) is 32.1 Å². The number of rotatable bonds is 5. The lowest BCUT2D eigenvalue weighted by Crippen LogP contribution is -2.45. The molecule has 1 rings (SSSR count). The van der Waals surface area contributed by atoms with Crippen LogP contribution in [0.15, 0.2) is 0 Å². The summed E-state index contributed by atoms with van der Waals surface area (Å²) in [6.07, 6.45) is 8.24. The van der Waals surface area contributed by atoms with Gasteiger partial charge in [0.1, 0.15) is 0 Å². The third-order valence-corrected chi connectivity index (χ3v) is 3.58. The molecule has 0 saturated heterocycles. The van der Waals surface area contributed by atoms with Crippen LogP contribution in [0.1, 0.15) is 59.3 Å². The summed E-state index contributed by atoms with van der Waals surface area (Å²) < 4.78 is 5.63. The first-order valence-electron chi connectivity index (χ1n) is 6.92. The van der Waals surface area contributed by atoms with Crippen molar-refractivity contribution < 1.29 is 4.74 Å². The Morgan fingerprint density at radius 1 is 1.12 bits per heavy atom. The van der Waals surface area contributed by atoms with E-state index in [2.05, 4.69) is 26.1 Å². The summed E-state index contributed by atoms with van der Waals surface area (Å²) in [5, 5.41) is 3.77. The van der Waals surface area contributed by atoms with E-state index in [9.17, 15) is 0 Å². The number of hydrogen-bond acceptors (Lipinski definition) is 2. The van der Waals surface area contributed by atoms with Gasteiger partial charge < -0.3 is 10.1 Å². The Kier molecular flexibility index (Phi) is 6.37. The van der Waals surface area contributed by atoms with E-state index < -0.39 is 0 Å². The van der Waals surface area contributed by atoms with E-state index in [4.69, 9.17) is 4.74 Å². The average Bonchev–Trinajstić information content (AvgIpc) is 2.41. The molecule has 1 aliphatic rings. The van der Waals surface area contributed by atoms with E-state index in [0.717, 1.165) is 5.92 Å². The van der Waals surface area contributed by atoms with Crippen LogP contribution in [0.5, 0.6) is 0 Å². The molecule has 0 aromatic rings. The largest absolute Gasteiger partial charge is 0.380 e. The zero-order valence-corrected chi connectivity index (χ0v) is 11.5. The molecule has 2 heteroatoms. The van der Waals surface area contributed by atoms with Gasteiger partial charge in [-0.2, -0.15) is 0 Å². The van der Waals surface area contributed by atoms with Crippen molar-refractivity contribution in [3.63, 3.8) is 0 Å². The predicted octanol–water partition coefficient (Wildman–Crippen LogP) is 3.36. The smallest absolute Gasteiger partial charge is 0.0724 e. The molecule has 0 heterocycles. The van der Waals surface area contributed by atoms with Crippen LogP contribution in [0.4, 0.5) is 0 Å². The maximum Gasteiger partial charge on any atom is 0.0724 e. The fraction of sp³-hybridized carbons (Fsp3) is 1.00. The summed E-state index contributed by atoms with van der Waals surface area (Å²) in [5.41, 5.74) is 0. The van der Waals surface area contributed by atoms with Gasteiger partial charge in [0.15, 0.2) is 0 Å². The third kappa shape index (κ3) is 4.84. The SMILES string of the molecule is COC1CCCCCC1NC(C)CC(C)C. The van der Waals surface area contributed by atoms with Crippen molar-refractivity contribution in [2.45, 2.75) is 77.5 Å². The van der Waals surface area contributed by atoms with Crippen LogP contribution in [-0.2, 0) is 4.74 Å². The fourth-order valence-electron chi connectivity index (χ4n) is 2.89. The molecule has 0 bridgehead atoms. The number of hydrogen-bond donors (Lipinski definition) is 1. The van der Waals surface area contributed by atoms with Gasteiger partial charge in [-0.25, -0.2) is 0 Å². The van der Waals surface area contributed by atoms with Crippen molar-refractivity contribution in [2.24, 2.45) is 5.92 Å². The van der Waals surface area contributed by atoms with E-state index in [0.29, 0.717) is 18.2 Å². The summed E-state index contributed by atoms with van der Waals surface area (Å²) in [5.74, 6) is 0.772. The first-order chi connectivity index (χ1) is 7.63. The Balaban J connectivity index is 2.41. The highest BCUT2D eigenvalue weighted by Gasteiger charge is 2.24. The van der Waals surface area contributed by atoms with Crippen LogP contribution in [-0.4, -0.2) is 25.3 Å². The molecule has 96 valence electrons. The Bertz CT molecular complexity index is 182. The highest BCUT2D eigenvalue weighted by atomic mass is 16.5. The molecule has 1 aliphatic carbocycles. The first-order valence-corrected chi connectivity index (χ1v) is 6.92. The monoisotopic (exact) mass is 227 g/mol. The highest BCUT2D eigenvalue weighted by Crippen LogP contribution is 2.21. The molecular formula is C14H29NO. The molecule has 3 atom stereocenters. The van der Waals surface area contributed by atoms with Gasteiger partial charge >= 0.3 is 0 Å². The van der Waals surface area contributed by atoms with Crippen molar-refractivity contribution >= 4 is 0 Å². The molecule has 0 aromatic heterocycles. The van der Waals surface area contributed by atoms with Crippen LogP contribution in [0.3, 0.4) is 0 Å². The van der Waals surface area contributed by atoms with Crippen molar-refractivity contribution in [1.82, 2.24) is 5.32 Å². The van der Waals surface area contributed by atoms with E-state index in [1.807, 2.05) is 7.11 Å². The summed E-state index contributed by atoms with van der Waals surface area (Å²) >= 11 is 0. The molecule has 0 radical (unpaired) electrons. The van der Waals surface area contributed by atoms with Crippen molar-refractivity contribution in [3.05, 3.63) is 0 Å². The van der Waals surface area contributed by atoms with Crippen LogP contribution < -0.4 is 5.32 Å². The molecule has 0 amide bonds. The van der Waals surface area contributed by atoms with Crippen LogP contribution in [0.25, 0.3) is 0 Å². The molecule has 0 spiro atoms. The Hall–Kier alpha value is -0.0800. The summed E-state index contributed by atoms with van der Waals surface area (Å²) in [6, 6.07) is 1.18. The van der Waals surface area contributed by atoms with Crippen LogP contribution in [0.2, 0.25) is 0 Å². The lowest BCUT2D eigenvalue weighted by Gasteiger charge is -2.29. The van der Waals surface area contributed by atoms with Gasteiger partial charge in [-0.1, -0.05) is 33.1 Å². The summed E-state index contributed by atoms with van der Waals surface area (Å²) in [7, 11) is 1.86. The van der Waals surface area contributed by atoms with Crippen LogP contribution in [0, 0.1) is 5.92 Å². The molecular weight excluding hydrogens is 198 g/mol. The number of nitrogens with one attached hydrogen (secondary N) is 1. The molecule has 1 saturated carbocycles. The second-order valence-corrected chi connectivity index (χ2v) is 5.72. The summed E-state index contributed by atoms with van der Waals surface area (Å²) in [4.78, 5) is 0. The first kappa shape index (κ1) is 14.0. The molecule has 0 aromatic carbocycles. The Morgan fingerprint density at radius 3 is 2.44 bits per heavy atom. The van der Waals surface area contributed by atoms with Crippen LogP contribution >= 0.6 is 0 Å². The van der Waals surface area contributed by atoms with Gasteiger partial charge in [0, 0.05) is 19.2 Å². The molecule has 1 N–H and O–H groups in total. The molecule has 2 nitrogen and oxygen atoms in total. The third-order valence-electron chi connectivity index (χ3n) is 3.58. The number of ether oxygens (including phenoxy) is 1. The van der Waals surface area contributed by atoms with E-state index >= 15 is 0 Å². The lowest BCUT2D eigenvalue weighted by atomic mass is 10.0. The topological polar surface area (TPSA) is 21.3 Å².